The number of pyridine rings is 1. The van der Waals surface area contributed by atoms with Crippen LogP contribution in [-0.2, 0) is 6.61 Å². The maximum atomic E-state index is 13.3. The van der Waals surface area contributed by atoms with E-state index in [1.54, 1.807) is 0 Å². The average Bonchev–Trinajstić information content (AvgIpc) is 2.37. The van der Waals surface area contributed by atoms with E-state index in [-0.39, 0.29) is 23.3 Å². The summed E-state index contributed by atoms with van der Waals surface area (Å²) < 4.78 is 31.4. The predicted molar refractivity (Wildman–Crippen MR) is 61.6 cm³/mol. The third-order valence-corrected chi connectivity index (χ3v) is 2.55. The van der Waals surface area contributed by atoms with Gasteiger partial charge in [-0.25, -0.2) is 9.37 Å². The van der Waals surface area contributed by atoms with Crippen LogP contribution in [0.2, 0.25) is 5.02 Å². The number of nitrogens with zero attached hydrogens (tertiary/aromatic N) is 1. The van der Waals surface area contributed by atoms with Crippen molar-refractivity contribution in [1.29, 1.82) is 0 Å². The molecule has 0 aliphatic carbocycles. The smallest absolute Gasteiger partial charge is 0.219 e. The lowest BCUT2D eigenvalue weighted by Crippen LogP contribution is -1.95. The van der Waals surface area contributed by atoms with Gasteiger partial charge in [-0.2, -0.15) is 4.39 Å². The molecule has 2 aromatic rings. The van der Waals surface area contributed by atoms with Crippen molar-refractivity contribution >= 4 is 11.6 Å². The average molecular weight is 272 g/mol. The first-order chi connectivity index (χ1) is 8.61. The van der Waals surface area contributed by atoms with Crippen molar-refractivity contribution in [3.8, 4) is 11.6 Å². The fourth-order valence-corrected chi connectivity index (χ4v) is 1.47. The first kappa shape index (κ1) is 12.7. The van der Waals surface area contributed by atoms with E-state index in [0.29, 0.717) is 5.56 Å². The minimum absolute atomic E-state index is 0.0213. The third kappa shape index (κ3) is 2.57. The van der Waals surface area contributed by atoms with Crippen molar-refractivity contribution in [2.24, 2.45) is 0 Å². The van der Waals surface area contributed by atoms with Crippen LogP contribution in [0.4, 0.5) is 8.78 Å². The van der Waals surface area contributed by atoms with Gasteiger partial charge in [-0.3, -0.25) is 0 Å². The molecule has 0 aliphatic rings. The molecule has 2 rings (SSSR count). The first-order valence-corrected chi connectivity index (χ1v) is 5.36. The molecule has 0 radical (unpaired) electrons. The van der Waals surface area contributed by atoms with Gasteiger partial charge in [0, 0.05) is 17.8 Å². The summed E-state index contributed by atoms with van der Waals surface area (Å²) in [5.41, 5.74) is 0.387. The molecule has 0 unspecified atom stereocenters. The molecular weight excluding hydrogens is 264 g/mol. The molecule has 0 amide bonds. The van der Waals surface area contributed by atoms with Gasteiger partial charge >= 0.3 is 0 Å². The number of rotatable bonds is 3. The lowest BCUT2D eigenvalue weighted by Gasteiger charge is -2.07. The molecule has 1 aromatic carbocycles. The number of hydrogen-bond donors (Lipinski definition) is 1. The van der Waals surface area contributed by atoms with E-state index in [1.807, 2.05) is 0 Å². The lowest BCUT2D eigenvalue weighted by molar-refractivity contribution is 0.281. The number of hydrogen-bond acceptors (Lipinski definition) is 3. The number of aromatic nitrogens is 1. The number of ether oxygens (including phenoxy) is 1. The zero-order valence-corrected chi connectivity index (χ0v) is 9.79. The Balaban J connectivity index is 2.31. The molecule has 0 fully saturated rings. The SMILES string of the molecule is OCc1cc(Oc2cccc(F)c2F)ncc1Cl. The summed E-state index contributed by atoms with van der Waals surface area (Å²) in [6.07, 6.45) is 1.26. The maximum absolute atomic E-state index is 13.3. The number of aliphatic hydroxyl groups excluding tert-OH is 1. The second kappa shape index (κ2) is 5.29. The first-order valence-electron chi connectivity index (χ1n) is 4.99. The van der Waals surface area contributed by atoms with E-state index in [1.165, 1.54) is 24.4 Å². The Bertz CT molecular complexity index is 578. The molecule has 18 heavy (non-hydrogen) atoms. The van der Waals surface area contributed by atoms with Crippen LogP contribution in [-0.4, -0.2) is 10.1 Å². The summed E-state index contributed by atoms with van der Waals surface area (Å²) in [5.74, 6) is -2.37. The monoisotopic (exact) mass is 271 g/mol. The van der Waals surface area contributed by atoms with E-state index >= 15 is 0 Å². The van der Waals surface area contributed by atoms with Crippen molar-refractivity contribution in [3.63, 3.8) is 0 Å². The summed E-state index contributed by atoms with van der Waals surface area (Å²) in [4.78, 5) is 3.80. The van der Waals surface area contributed by atoms with E-state index in [4.69, 9.17) is 21.4 Å². The Morgan fingerprint density at radius 2 is 2.11 bits per heavy atom. The molecule has 1 N–H and O–H groups in total. The Hall–Kier alpha value is -1.72. The highest BCUT2D eigenvalue weighted by Gasteiger charge is 2.11. The minimum atomic E-state index is -1.10. The van der Waals surface area contributed by atoms with E-state index in [9.17, 15) is 8.78 Å². The molecule has 94 valence electrons. The van der Waals surface area contributed by atoms with Crippen molar-refractivity contribution in [3.05, 3.63) is 52.7 Å². The maximum Gasteiger partial charge on any atom is 0.219 e. The van der Waals surface area contributed by atoms with Gasteiger partial charge in [0.1, 0.15) is 0 Å². The van der Waals surface area contributed by atoms with Gasteiger partial charge < -0.3 is 9.84 Å². The molecule has 6 heteroatoms. The topological polar surface area (TPSA) is 42.4 Å². The Morgan fingerprint density at radius 3 is 2.83 bits per heavy atom. The number of aliphatic hydroxyl groups is 1. The third-order valence-electron chi connectivity index (χ3n) is 2.21. The van der Waals surface area contributed by atoms with Gasteiger partial charge in [-0.05, 0) is 12.1 Å². The van der Waals surface area contributed by atoms with Crippen LogP contribution >= 0.6 is 11.6 Å². The Morgan fingerprint density at radius 1 is 1.33 bits per heavy atom. The van der Waals surface area contributed by atoms with Gasteiger partial charge in [0.15, 0.2) is 11.6 Å². The van der Waals surface area contributed by atoms with Crippen molar-refractivity contribution < 1.29 is 18.6 Å². The van der Waals surface area contributed by atoms with Gasteiger partial charge in [0.2, 0.25) is 11.7 Å². The lowest BCUT2D eigenvalue weighted by atomic mass is 10.3. The van der Waals surface area contributed by atoms with Crippen molar-refractivity contribution in [2.75, 3.05) is 0 Å². The van der Waals surface area contributed by atoms with Crippen LogP contribution in [0.3, 0.4) is 0 Å². The highest BCUT2D eigenvalue weighted by molar-refractivity contribution is 6.31. The Labute approximate surface area is 107 Å². The van der Waals surface area contributed by atoms with Crippen LogP contribution in [0.25, 0.3) is 0 Å². The predicted octanol–water partition coefficient (Wildman–Crippen LogP) is 3.30. The molecule has 0 spiro atoms. The molecular formula is C12H8ClF2NO2. The second-order valence-electron chi connectivity index (χ2n) is 3.43. The fraction of sp³-hybridized carbons (Fsp3) is 0.0833. The molecule has 0 aliphatic heterocycles. The summed E-state index contributed by atoms with van der Waals surface area (Å²) in [6.45, 7) is -0.302. The highest BCUT2D eigenvalue weighted by Crippen LogP contribution is 2.26. The summed E-state index contributed by atoms with van der Waals surface area (Å²) in [6, 6.07) is 4.92. The minimum Gasteiger partial charge on any atom is -0.436 e. The van der Waals surface area contributed by atoms with Crippen LogP contribution in [0.15, 0.2) is 30.5 Å². The van der Waals surface area contributed by atoms with Crippen LogP contribution in [0, 0.1) is 11.6 Å². The van der Waals surface area contributed by atoms with Gasteiger partial charge in [0.05, 0.1) is 11.6 Å². The molecule has 3 nitrogen and oxygen atoms in total. The second-order valence-corrected chi connectivity index (χ2v) is 3.83. The van der Waals surface area contributed by atoms with Crippen LogP contribution < -0.4 is 4.74 Å². The molecule has 1 aromatic heterocycles. The van der Waals surface area contributed by atoms with Crippen LogP contribution in [0.1, 0.15) is 5.56 Å². The molecule has 0 saturated heterocycles. The normalized spacial score (nSPS) is 10.4. The highest BCUT2D eigenvalue weighted by atomic mass is 35.5. The summed E-state index contributed by atoms with van der Waals surface area (Å²) in [7, 11) is 0. The quantitative estimate of drug-likeness (QED) is 0.931. The van der Waals surface area contributed by atoms with E-state index < -0.39 is 11.6 Å². The van der Waals surface area contributed by atoms with E-state index in [0.717, 1.165) is 6.07 Å². The summed E-state index contributed by atoms with van der Waals surface area (Å²) in [5, 5.41) is 9.27. The largest absolute Gasteiger partial charge is 0.436 e. The molecule has 1 heterocycles. The van der Waals surface area contributed by atoms with Crippen LogP contribution in [0.5, 0.6) is 11.6 Å². The standard InChI is InChI=1S/C12H8ClF2NO2/c13-8-5-16-11(4-7(8)6-17)18-10-3-1-2-9(14)12(10)15/h1-5,17H,6H2. The number of benzene rings is 1. The van der Waals surface area contributed by atoms with Crippen molar-refractivity contribution in [1.82, 2.24) is 4.98 Å². The van der Waals surface area contributed by atoms with Gasteiger partial charge in [-0.15, -0.1) is 0 Å². The zero-order valence-electron chi connectivity index (χ0n) is 9.03. The van der Waals surface area contributed by atoms with Crippen molar-refractivity contribution in [2.45, 2.75) is 6.61 Å². The number of halogens is 3. The molecule has 0 saturated carbocycles. The van der Waals surface area contributed by atoms with Gasteiger partial charge in [-0.1, -0.05) is 17.7 Å². The van der Waals surface area contributed by atoms with E-state index in [2.05, 4.69) is 4.98 Å². The molecule has 0 bridgehead atoms. The summed E-state index contributed by atoms with van der Waals surface area (Å²) >= 11 is 5.74. The molecule has 0 atom stereocenters. The Kier molecular flexibility index (Phi) is 3.74. The fourth-order valence-electron chi connectivity index (χ4n) is 1.31. The zero-order chi connectivity index (χ0) is 13.1. The van der Waals surface area contributed by atoms with Gasteiger partial charge in [0.25, 0.3) is 0 Å².